The van der Waals surface area contributed by atoms with Crippen molar-refractivity contribution in [2.75, 3.05) is 53.4 Å². The molecule has 5 heteroatoms. The van der Waals surface area contributed by atoms with Gasteiger partial charge in [0.2, 0.25) is 0 Å². The lowest BCUT2D eigenvalue weighted by atomic mass is 10.1. The minimum Gasteiger partial charge on any atom is -0.493 e. The maximum atomic E-state index is 6.27. The zero-order valence-corrected chi connectivity index (χ0v) is 14.4. The third-order valence-corrected chi connectivity index (χ3v) is 4.83. The second-order valence-electron chi connectivity index (χ2n) is 6.60. The number of rotatable bonds is 5. The van der Waals surface area contributed by atoms with E-state index in [-0.39, 0.29) is 0 Å². The summed E-state index contributed by atoms with van der Waals surface area (Å²) in [5.74, 6) is 1.81. The summed E-state index contributed by atoms with van der Waals surface area (Å²) in [5, 5.41) is 3.40. The highest BCUT2D eigenvalue weighted by Gasteiger charge is 2.21. The van der Waals surface area contributed by atoms with Crippen LogP contribution >= 0.6 is 0 Å². The van der Waals surface area contributed by atoms with Crippen molar-refractivity contribution in [3.05, 3.63) is 23.8 Å². The van der Waals surface area contributed by atoms with Crippen LogP contribution in [0.2, 0.25) is 0 Å². The molecule has 3 rings (SSSR count). The molecular formula is C18H29N3O2. The smallest absolute Gasteiger partial charge is 0.165 e. The summed E-state index contributed by atoms with van der Waals surface area (Å²) in [7, 11) is 3.92. The van der Waals surface area contributed by atoms with Crippen LogP contribution in [0.1, 0.15) is 18.4 Å². The van der Waals surface area contributed by atoms with Gasteiger partial charge in [0, 0.05) is 51.4 Å². The Labute approximate surface area is 139 Å². The van der Waals surface area contributed by atoms with Crippen molar-refractivity contribution >= 4 is 0 Å². The number of para-hydroxylation sites is 1. The topological polar surface area (TPSA) is 37.0 Å². The largest absolute Gasteiger partial charge is 0.493 e. The Morgan fingerprint density at radius 2 is 1.87 bits per heavy atom. The molecule has 1 aromatic carbocycles. The van der Waals surface area contributed by atoms with Crippen molar-refractivity contribution in [1.82, 2.24) is 15.1 Å². The molecule has 2 aliphatic heterocycles. The van der Waals surface area contributed by atoms with Crippen molar-refractivity contribution < 1.29 is 9.47 Å². The molecule has 0 saturated carbocycles. The van der Waals surface area contributed by atoms with E-state index in [0.29, 0.717) is 6.10 Å². The van der Waals surface area contributed by atoms with Crippen molar-refractivity contribution in [2.45, 2.75) is 25.5 Å². The maximum Gasteiger partial charge on any atom is 0.165 e. The molecule has 0 aromatic heterocycles. The molecule has 1 N–H and O–H groups in total. The predicted octanol–water partition coefficient (Wildman–Crippen LogP) is 1.57. The van der Waals surface area contributed by atoms with Crippen LogP contribution in [0.25, 0.3) is 0 Å². The van der Waals surface area contributed by atoms with Gasteiger partial charge in [-0.3, -0.25) is 4.90 Å². The minimum atomic E-state index is 0.300. The first-order chi connectivity index (χ1) is 11.3. The molecule has 2 heterocycles. The van der Waals surface area contributed by atoms with Crippen LogP contribution in [0.5, 0.6) is 11.5 Å². The lowest BCUT2D eigenvalue weighted by Crippen LogP contribution is -2.42. The van der Waals surface area contributed by atoms with E-state index in [9.17, 15) is 0 Å². The summed E-state index contributed by atoms with van der Waals surface area (Å²) >= 11 is 0. The zero-order chi connectivity index (χ0) is 16.1. The molecule has 1 aromatic rings. The molecule has 0 bridgehead atoms. The second kappa shape index (κ2) is 7.99. The number of piperidine rings is 1. The highest BCUT2D eigenvalue weighted by Crippen LogP contribution is 2.33. The highest BCUT2D eigenvalue weighted by atomic mass is 16.5. The Hall–Kier alpha value is -1.30. The van der Waals surface area contributed by atoms with Gasteiger partial charge in [0.05, 0.1) is 7.11 Å². The number of benzene rings is 1. The first kappa shape index (κ1) is 16.6. The monoisotopic (exact) mass is 319 g/mol. The van der Waals surface area contributed by atoms with Gasteiger partial charge in [0.15, 0.2) is 11.5 Å². The van der Waals surface area contributed by atoms with Crippen LogP contribution in [0, 0.1) is 0 Å². The van der Waals surface area contributed by atoms with Gasteiger partial charge in [-0.15, -0.1) is 0 Å². The van der Waals surface area contributed by atoms with Gasteiger partial charge in [-0.2, -0.15) is 0 Å². The van der Waals surface area contributed by atoms with Crippen LogP contribution in [0.4, 0.5) is 0 Å². The molecule has 23 heavy (non-hydrogen) atoms. The standard InChI is InChI=1S/C18H29N3O2/c1-20-10-6-16(7-11-20)23-17-5-3-4-15(18(17)22-2)14-21-12-8-19-9-13-21/h3-5,16,19H,6-14H2,1-2H3. The Kier molecular flexibility index (Phi) is 5.75. The van der Waals surface area contributed by atoms with E-state index >= 15 is 0 Å². The molecule has 0 aliphatic carbocycles. The number of hydrogen-bond acceptors (Lipinski definition) is 5. The number of hydrogen-bond donors (Lipinski definition) is 1. The van der Waals surface area contributed by atoms with Gasteiger partial charge >= 0.3 is 0 Å². The van der Waals surface area contributed by atoms with Crippen molar-refractivity contribution in [3.8, 4) is 11.5 Å². The number of likely N-dealkylation sites (tertiary alicyclic amines) is 1. The summed E-state index contributed by atoms with van der Waals surface area (Å²) in [5.41, 5.74) is 1.22. The maximum absolute atomic E-state index is 6.27. The molecule has 0 radical (unpaired) electrons. The lowest BCUT2D eigenvalue weighted by Gasteiger charge is -2.30. The lowest BCUT2D eigenvalue weighted by molar-refractivity contribution is 0.110. The van der Waals surface area contributed by atoms with Crippen LogP contribution in [-0.2, 0) is 6.54 Å². The summed E-state index contributed by atoms with van der Waals surface area (Å²) in [6, 6.07) is 6.28. The number of nitrogens with one attached hydrogen (secondary N) is 1. The van der Waals surface area contributed by atoms with Gasteiger partial charge in [-0.25, -0.2) is 0 Å². The quantitative estimate of drug-likeness (QED) is 0.892. The average molecular weight is 319 g/mol. The van der Waals surface area contributed by atoms with Gasteiger partial charge in [-0.1, -0.05) is 12.1 Å². The molecule has 2 fully saturated rings. The summed E-state index contributed by atoms with van der Waals surface area (Å²) in [4.78, 5) is 4.83. The number of nitrogens with zero attached hydrogens (tertiary/aromatic N) is 2. The Morgan fingerprint density at radius 3 is 2.57 bits per heavy atom. The molecule has 0 unspecified atom stereocenters. The molecule has 0 amide bonds. The van der Waals surface area contributed by atoms with E-state index in [1.165, 1.54) is 5.56 Å². The van der Waals surface area contributed by atoms with Gasteiger partial charge in [0.1, 0.15) is 6.10 Å². The van der Waals surface area contributed by atoms with E-state index in [1.807, 2.05) is 6.07 Å². The molecule has 0 atom stereocenters. The number of ether oxygens (including phenoxy) is 2. The Balaban J connectivity index is 1.68. The Bertz CT molecular complexity index is 495. The van der Waals surface area contributed by atoms with Crippen molar-refractivity contribution in [1.29, 1.82) is 0 Å². The van der Waals surface area contributed by atoms with Crippen molar-refractivity contribution in [2.24, 2.45) is 0 Å². The fraction of sp³-hybridized carbons (Fsp3) is 0.667. The Morgan fingerprint density at radius 1 is 1.13 bits per heavy atom. The van der Waals surface area contributed by atoms with Gasteiger partial charge in [-0.05, 0) is 26.0 Å². The van der Waals surface area contributed by atoms with E-state index in [2.05, 4.69) is 34.3 Å². The SMILES string of the molecule is COc1c(CN2CCNCC2)cccc1OC1CCN(C)CC1. The van der Waals surface area contributed by atoms with Crippen LogP contribution in [0.15, 0.2) is 18.2 Å². The summed E-state index contributed by atoms with van der Waals surface area (Å²) in [6.45, 7) is 7.44. The minimum absolute atomic E-state index is 0.300. The fourth-order valence-electron chi connectivity index (χ4n) is 3.40. The third kappa shape index (κ3) is 4.37. The first-order valence-electron chi connectivity index (χ1n) is 8.70. The second-order valence-corrected chi connectivity index (χ2v) is 6.60. The fourth-order valence-corrected chi connectivity index (χ4v) is 3.40. The van der Waals surface area contributed by atoms with Crippen LogP contribution in [-0.4, -0.2) is 69.3 Å². The molecule has 0 spiro atoms. The van der Waals surface area contributed by atoms with Crippen LogP contribution < -0.4 is 14.8 Å². The molecule has 5 nitrogen and oxygen atoms in total. The van der Waals surface area contributed by atoms with E-state index in [0.717, 1.165) is 70.2 Å². The average Bonchev–Trinajstić information content (AvgIpc) is 2.58. The molecule has 2 saturated heterocycles. The van der Waals surface area contributed by atoms with Crippen LogP contribution in [0.3, 0.4) is 0 Å². The number of methoxy groups -OCH3 is 1. The number of piperazine rings is 1. The van der Waals surface area contributed by atoms with Gasteiger partial charge < -0.3 is 19.7 Å². The van der Waals surface area contributed by atoms with Gasteiger partial charge in [0.25, 0.3) is 0 Å². The van der Waals surface area contributed by atoms with E-state index < -0.39 is 0 Å². The molecule has 2 aliphatic rings. The molecular weight excluding hydrogens is 290 g/mol. The third-order valence-electron chi connectivity index (χ3n) is 4.83. The summed E-state index contributed by atoms with van der Waals surface area (Å²) in [6.07, 6.45) is 2.47. The van der Waals surface area contributed by atoms with E-state index in [4.69, 9.17) is 9.47 Å². The van der Waals surface area contributed by atoms with E-state index in [1.54, 1.807) is 7.11 Å². The normalized spacial score (nSPS) is 21.3. The predicted molar refractivity (Wildman–Crippen MR) is 92.3 cm³/mol. The summed E-state index contributed by atoms with van der Waals surface area (Å²) < 4.78 is 12.0. The zero-order valence-electron chi connectivity index (χ0n) is 14.4. The van der Waals surface area contributed by atoms with Crippen molar-refractivity contribution in [3.63, 3.8) is 0 Å². The molecule has 128 valence electrons. The first-order valence-corrected chi connectivity index (χ1v) is 8.70. The highest BCUT2D eigenvalue weighted by molar-refractivity contribution is 5.46.